The third kappa shape index (κ3) is 5.66. The maximum atomic E-state index is 11.9. The van der Waals surface area contributed by atoms with Gasteiger partial charge in [-0.25, -0.2) is 4.79 Å². The molecule has 0 spiro atoms. The number of rotatable bonds is 7. The molecule has 2 rings (SSSR count). The van der Waals surface area contributed by atoms with E-state index in [0.29, 0.717) is 0 Å². The largest absolute Gasteiger partial charge is 0.391 e. The molecule has 0 amide bonds. The molecule has 1 N–H and O–H groups in total. The molecule has 22 heavy (non-hydrogen) atoms. The van der Waals surface area contributed by atoms with Crippen molar-refractivity contribution in [1.82, 2.24) is 5.32 Å². The van der Waals surface area contributed by atoms with Crippen LogP contribution in [0, 0.1) is 0 Å². The van der Waals surface area contributed by atoms with Crippen LogP contribution in [-0.4, -0.2) is 34.9 Å². The van der Waals surface area contributed by atoms with Crippen molar-refractivity contribution in [2.24, 2.45) is 0 Å². The predicted octanol–water partition coefficient (Wildman–Crippen LogP) is 2.82. The van der Waals surface area contributed by atoms with Gasteiger partial charge in [-0.15, -0.1) is 23.5 Å². The highest BCUT2D eigenvalue weighted by molar-refractivity contribution is 8.16. The van der Waals surface area contributed by atoms with E-state index in [4.69, 9.17) is 4.74 Å². The highest BCUT2D eigenvalue weighted by Crippen LogP contribution is 2.22. The molecule has 2 atom stereocenters. The lowest BCUT2D eigenvalue weighted by Gasteiger charge is -2.12. The maximum absolute atomic E-state index is 11.9. The Morgan fingerprint density at radius 2 is 2.14 bits per heavy atom. The second-order valence-corrected chi connectivity index (χ2v) is 7.83. The van der Waals surface area contributed by atoms with Crippen LogP contribution < -0.4 is 5.32 Å². The van der Waals surface area contributed by atoms with E-state index in [1.54, 1.807) is 18.7 Å². The molecule has 0 bridgehead atoms. The first-order valence-electron chi connectivity index (χ1n) is 7.39. The maximum Gasteiger partial charge on any atom is 0.330 e. The molecule has 0 aliphatic carbocycles. The Hall–Kier alpha value is -0.980. The summed E-state index contributed by atoms with van der Waals surface area (Å²) in [6.07, 6.45) is 1.70. The minimum atomic E-state index is -0.441. The zero-order valence-electron chi connectivity index (χ0n) is 12.6. The van der Waals surface area contributed by atoms with Crippen LogP contribution in [0.3, 0.4) is 0 Å². The molecule has 6 heteroatoms. The SMILES string of the molecule is CC(SCSCc1ccccc1)C(=O)OC(=O)[C@@H]1CCCN1. The highest BCUT2D eigenvalue weighted by Gasteiger charge is 2.27. The van der Waals surface area contributed by atoms with Crippen molar-refractivity contribution in [3.05, 3.63) is 35.9 Å². The summed E-state index contributed by atoms with van der Waals surface area (Å²) in [5.41, 5.74) is 1.27. The van der Waals surface area contributed by atoms with Crippen LogP contribution in [0.2, 0.25) is 0 Å². The van der Waals surface area contributed by atoms with Gasteiger partial charge in [0.2, 0.25) is 0 Å². The lowest BCUT2D eigenvalue weighted by atomic mass is 10.2. The van der Waals surface area contributed by atoms with Gasteiger partial charge in [0.25, 0.3) is 0 Å². The van der Waals surface area contributed by atoms with Crippen LogP contribution in [0.1, 0.15) is 25.3 Å². The van der Waals surface area contributed by atoms with E-state index >= 15 is 0 Å². The van der Waals surface area contributed by atoms with Crippen molar-refractivity contribution in [2.45, 2.75) is 36.8 Å². The number of nitrogens with one attached hydrogen (secondary N) is 1. The van der Waals surface area contributed by atoms with Gasteiger partial charge in [-0.2, -0.15) is 0 Å². The number of benzene rings is 1. The molecule has 1 aliphatic rings. The Morgan fingerprint density at radius 1 is 1.36 bits per heavy atom. The van der Waals surface area contributed by atoms with E-state index in [9.17, 15) is 9.59 Å². The van der Waals surface area contributed by atoms with E-state index in [2.05, 4.69) is 17.4 Å². The Balaban J connectivity index is 1.62. The molecule has 1 heterocycles. The van der Waals surface area contributed by atoms with Crippen molar-refractivity contribution >= 4 is 35.5 Å². The molecule has 1 unspecified atom stereocenters. The minimum absolute atomic E-state index is 0.311. The first kappa shape index (κ1) is 17.4. The Bertz CT molecular complexity index is 489. The molecule has 4 nitrogen and oxygen atoms in total. The van der Waals surface area contributed by atoms with Crippen molar-refractivity contribution in [2.75, 3.05) is 11.6 Å². The number of hydrogen-bond donors (Lipinski definition) is 1. The summed E-state index contributed by atoms with van der Waals surface area (Å²) >= 11 is 3.26. The summed E-state index contributed by atoms with van der Waals surface area (Å²) in [5.74, 6) is 0.0384. The smallest absolute Gasteiger partial charge is 0.330 e. The molecule has 0 radical (unpaired) electrons. The summed E-state index contributed by atoms with van der Waals surface area (Å²) < 4.78 is 4.94. The summed E-state index contributed by atoms with van der Waals surface area (Å²) in [6, 6.07) is 9.90. The van der Waals surface area contributed by atoms with Crippen LogP contribution in [0.25, 0.3) is 0 Å². The second-order valence-electron chi connectivity index (χ2n) is 5.15. The monoisotopic (exact) mass is 339 g/mol. The van der Waals surface area contributed by atoms with E-state index in [1.165, 1.54) is 17.3 Å². The van der Waals surface area contributed by atoms with E-state index < -0.39 is 11.9 Å². The van der Waals surface area contributed by atoms with Crippen LogP contribution in [0.4, 0.5) is 0 Å². The normalized spacial score (nSPS) is 18.9. The summed E-state index contributed by atoms with van der Waals surface area (Å²) in [7, 11) is 0. The van der Waals surface area contributed by atoms with Crippen molar-refractivity contribution in [3.63, 3.8) is 0 Å². The average Bonchev–Trinajstić information content (AvgIpc) is 3.07. The van der Waals surface area contributed by atoms with Gasteiger partial charge in [-0.05, 0) is 31.9 Å². The summed E-state index contributed by atoms with van der Waals surface area (Å²) in [6.45, 7) is 2.60. The van der Waals surface area contributed by atoms with Gasteiger partial charge < -0.3 is 10.1 Å². The molecule has 0 aromatic heterocycles. The fraction of sp³-hybridized carbons (Fsp3) is 0.500. The number of hydrogen-bond acceptors (Lipinski definition) is 6. The van der Waals surface area contributed by atoms with Crippen LogP contribution >= 0.6 is 23.5 Å². The third-order valence-corrected chi connectivity index (χ3v) is 5.83. The number of carbonyl (C=O) groups is 2. The van der Waals surface area contributed by atoms with Gasteiger partial charge in [-0.3, -0.25) is 4.79 Å². The lowest BCUT2D eigenvalue weighted by Crippen LogP contribution is -2.35. The standard InChI is InChI=1S/C16H21NO3S2/c1-12(15(18)20-16(19)14-8-5-9-17-14)22-11-21-10-13-6-3-2-4-7-13/h2-4,6-7,12,14,17H,5,8-11H2,1H3/t12?,14-/m0/s1. The van der Waals surface area contributed by atoms with E-state index in [1.807, 2.05) is 18.2 Å². The van der Waals surface area contributed by atoms with Gasteiger partial charge in [0.1, 0.15) is 11.3 Å². The fourth-order valence-electron chi connectivity index (χ4n) is 2.09. The fourth-order valence-corrected chi connectivity index (χ4v) is 4.24. The molecule has 120 valence electrons. The quantitative estimate of drug-likeness (QED) is 0.357. The summed E-state index contributed by atoms with van der Waals surface area (Å²) in [5, 5.41) is 3.50. The molecular weight excluding hydrogens is 318 g/mol. The topological polar surface area (TPSA) is 55.4 Å². The van der Waals surface area contributed by atoms with Gasteiger partial charge in [0.15, 0.2) is 0 Å². The van der Waals surface area contributed by atoms with Crippen LogP contribution in [0.15, 0.2) is 30.3 Å². The first-order valence-corrected chi connectivity index (χ1v) is 9.59. The van der Waals surface area contributed by atoms with E-state index in [-0.39, 0.29) is 11.3 Å². The Labute approximate surface area is 139 Å². The average molecular weight is 339 g/mol. The van der Waals surface area contributed by atoms with Gasteiger partial charge >= 0.3 is 11.9 Å². The molecule has 1 aliphatic heterocycles. The zero-order chi connectivity index (χ0) is 15.8. The molecular formula is C16H21NO3S2. The van der Waals surface area contributed by atoms with Crippen LogP contribution in [-0.2, 0) is 20.1 Å². The number of thioether (sulfide) groups is 2. The lowest BCUT2D eigenvalue weighted by molar-refractivity contribution is -0.160. The van der Waals surface area contributed by atoms with E-state index in [0.717, 1.165) is 30.2 Å². The summed E-state index contributed by atoms with van der Waals surface area (Å²) in [4.78, 5) is 23.6. The molecule has 0 saturated carbocycles. The molecule has 1 aromatic rings. The molecule has 1 fully saturated rings. The van der Waals surface area contributed by atoms with Gasteiger partial charge in [0.05, 0.1) is 0 Å². The van der Waals surface area contributed by atoms with Crippen molar-refractivity contribution < 1.29 is 14.3 Å². The van der Waals surface area contributed by atoms with Crippen molar-refractivity contribution in [1.29, 1.82) is 0 Å². The molecule has 1 aromatic carbocycles. The Morgan fingerprint density at radius 3 is 2.82 bits per heavy atom. The number of esters is 2. The van der Waals surface area contributed by atoms with Crippen LogP contribution in [0.5, 0.6) is 0 Å². The number of carbonyl (C=O) groups excluding carboxylic acids is 2. The number of ether oxygens (including phenoxy) is 1. The minimum Gasteiger partial charge on any atom is -0.391 e. The third-order valence-electron chi connectivity index (χ3n) is 3.39. The second kappa shape index (κ2) is 9.22. The predicted molar refractivity (Wildman–Crippen MR) is 91.8 cm³/mol. The van der Waals surface area contributed by atoms with Gasteiger partial charge in [-0.1, -0.05) is 30.3 Å². The van der Waals surface area contributed by atoms with Gasteiger partial charge in [0, 0.05) is 10.8 Å². The zero-order valence-corrected chi connectivity index (χ0v) is 14.3. The molecule has 1 saturated heterocycles. The highest BCUT2D eigenvalue weighted by atomic mass is 32.2. The first-order chi connectivity index (χ1) is 10.7. The Kier molecular flexibility index (Phi) is 7.29. The van der Waals surface area contributed by atoms with Crippen molar-refractivity contribution in [3.8, 4) is 0 Å².